The predicted octanol–water partition coefficient (Wildman–Crippen LogP) is 5.08. The maximum absolute atomic E-state index is 5.81. The minimum absolute atomic E-state index is 0.264. The highest BCUT2D eigenvalue weighted by atomic mass is 16.5. The van der Waals surface area contributed by atoms with Crippen molar-refractivity contribution in [1.82, 2.24) is 0 Å². The van der Waals surface area contributed by atoms with Crippen LogP contribution in [0.5, 0.6) is 0 Å². The largest absolute Gasteiger partial charge is 0.381 e. The van der Waals surface area contributed by atoms with E-state index in [1.807, 2.05) is 12.1 Å². The molecule has 2 unspecified atom stereocenters. The third-order valence-corrected chi connectivity index (χ3v) is 4.91. The maximum atomic E-state index is 5.81. The van der Waals surface area contributed by atoms with Gasteiger partial charge in [-0.15, -0.1) is 0 Å². The highest BCUT2D eigenvalue weighted by Gasteiger charge is 2.09. The Bertz CT molecular complexity index is 532. The summed E-state index contributed by atoms with van der Waals surface area (Å²) >= 11 is 0. The second kappa shape index (κ2) is 13.5. The molecule has 0 spiro atoms. The molecule has 0 aliphatic rings. The molecule has 0 heterocycles. The fourth-order valence-corrected chi connectivity index (χ4v) is 3.29. The molecule has 0 aliphatic carbocycles. The number of hydrogen-bond donors (Lipinski definition) is 0. The molecule has 27 heavy (non-hydrogen) atoms. The van der Waals surface area contributed by atoms with E-state index in [1.165, 1.54) is 11.1 Å². The zero-order valence-corrected chi connectivity index (χ0v) is 16.8. The summed E-state index contributed by atoms with van der Waals surface area (Å²) in [7, 11) is 3.60. The lowest BCUT2D eigenvalue weighted by molar-refractivity contribution is 0.0624. The van der Waals surface area contributed by atoms with Gasteiger partial charge >= 0.3 is 0 Å². The second-order valence-corrected chi connectivity index (χ2v) is 6.99. The van der Waals surface area contributed by atoms with E-state index in [-0.39, 0.29) is 12.2 Å². The zero-order valence-electron chi connectivity index (χ0n) is 16.8. The standard InChI is InChI=1S/C24H34O3/c1-25-23(19-21-11-5-3-6-12-21)15-9-17-27-18-10-16-24(26-2)20-22-13-7-4-8-14-22/h3-8,11-14,23-24H,9-10,15-20H2,1-2H3. The summed E-state index contributed by atoms with van der Waals surface area (Å²) in [5.74, 6) is 0. The van der Waals surface area contributed by atoms with Crippen LogP contribution in [0.3, 0.4) is 0 Å². The number of benzene rings is 2. The molecule has 0 radical (unpaired) electrons. The predicted molar refractivity (Wildman–Crippen MR) is 111 cm³/mol. The maximum Gasteiger partial charge on any atom is 0.0612 e. The molecular weight excluding hydrogens is 336 g/mol. The first-order chi connectivity index (χ1) is 13.3. The molecule has 0 saturated heterocycles. The summed E-state index contributed by atoms with van der Waals surface area (Å²) in [5.41, 5.74) is 2.66. The lowest BCUT2D eigenvalue weighted by atomic mass is 10.0. The smallest absolute Gasteiger partial charge is 0.0612 e. The van der Waals surface area contributed by atoms with Crippen molar-refractivity contribution >= 4 is 0 Å². The van der Waals surface area contributed by atoms with Crippen LogP contribution in [-0.2, 0) is 27.1 Å². The first kappa shape index (κ1) is 21.6. The lowest BCUT2D eigenvalue weighted by Gasteiger charge is -2.16. The minimum Gasteiger partial charge on any atom is -0.381 e. The monoisotopic (exact) mass is 370 g/mol. The van der Waals surface area contributed by atoms with E-state index in [0.717, 1.165) is 51.7 Å². The Kier molecular flexibility index (Phi) is 10.8. The summed E-state index contributed by atoms with van der Waals surface area (Å²) in [4.78, 5) is 0. The molecule has 0 N–H and O–H groups in total. The highest BCUT2D eigenvalue weighted by Crippen LogP contribution is 2.12. The number of hydrogen-bond acceptors (Lipinski definition) is 3. The molecule has 3 heteroatoms. The summed E-state index contributed by atoms with van der Waals surface area (Å²) < 4.78 is 17.0. The van der Waals surface area contributed by atoms with Gasteiger partial charge in [-0.2, -0.15) is 0 Å². The Morgan fingerprint density at radius 2 is 1.04 bits per heavy atom. The van der Waals surface area contributed by atoms with E-state index in [4.69, 9.17) is 14.2 Å². The molecule has 0 fully saturated rings. The van der Waals surface area contributed by atoms with E-state index in [2.05, 4.69) is 48.5 Å². The van der Waals surface area contributed by atoms with Gasteiger partial charge in [-0.05, 0) is 49.7 Å². The fourth-order valence-electron chi connectivity index (χ4n) is 3.29. The Morgan fingerprint density at radius 3 is 1.41 bits per heavy atom. The van der Waals surface area contributed by atoms with Gasteiger partial charge in [0, 0.05) is 27.4 Å². The average Bonchev–Trinajstić information content (AvgIpc) is 2.72. The van der Waals surface area contributed by atoms with Crippen LogP contribution in [-0.4, -0.2) is 39.6 Å². The highest BCUT2D eigenvalue weighted by molar-refractivity contribution is 5.16. The Balaban J connectivity index is 1.53. The van der Waals surface area contributed by atoms with Gasteiger partial charge in [-0.3, -0.25) is 0 Å². The van der Waals surface area contributed by atoms with Crippen molar-refractivity contribution in [3.05, 3.63) is 71.8 Å². The molecule has 0 aromatic heterocycles. The van der Waals surface area contributed by atoms with Gasteiger partial charge in [-0.25, -0.2) is 0 Å². The van der Waals surface area contributed by atoms with Crippen molar-refractivity contribution < 1.29 is 14.2 Å². The van der Waals surface area contributed by atoms with E-state index in [0.29, 0.717) is 0 Å². The molecule has 2 rings (SSSR count). The third-order valence-electron chi connectivity index (χ3n) is 4.91. The van der Waals surface area contributed by atoms with Gasteiger partial charge in [0.25, 0.3) is 0 Å². The van der Waals surface area contributed by atoms with Crippen molar-refractivity contribution in [2.75, 3.05) is 27.4 Å². The van der Waals surface area contributed by atoms with Crippen LogP contribution < -0.4 is 0 Å². The molecule has 2 aromatic carbocycles. The summed E-state index contributed by atoms with van der Waals surface area (Å²) in [6.07, 6.45) is 6.57. The first-order valence-electron chi connectivity index (χ1n) is 10.0. The fraction of sp³-hybridized carbons (Fsp3) is 0.500. The van der Waals surface area contributed by atoms with Crippen LogP contribution in [0.25, 0.3) is 0 Å². The van der Waals surface area contributed by atoms with E-state index in [1.54, 1.807) is 14.2 Å². The molecule has 148 valence electrons. The Labute approximate surface area is 164 Å². The van der Waals surface area contributed by atoms with Crippen LogP contribution in [0.1, 0.15) is 36.8 Å². The third kappa shape index (κ3) is 9.18. The molecule has 0 bridgehead atoms. The first-order valence-corrected chi connectivity index (χ1v) is 10.0. The van der Waals surface area contributed by atoms with Crippen LogP contribution in [0, 0.1) is 0 Å². The molecular formula is C24H34O3. The van der Waals surface area contributed by atoms with Gasteiger partial charge in [0.05, 0.1) is 12.2 Å². The van der Waals surface area contributed by atoms with Gasteiger partial charge < -0.3 is 14.2 Å². The van der Waals surface area contributed by atoms with Gasteiger partial charge in [0.15, 0.2) is 0 Å². The Morgan fingerprint density at radius 1 is 0.630 bits per heavy atom. The van der Waals surface area contributed by atoms with Crippen molar-refractivity contribution in [3.63, 3.8) is 0 Å². The quantitative estimate of drug-likeness (QED) is 0.434. The average molecular weight is 371 g/mol. The summed E-state index contributed by atoms with van der Waals surface area (Å²) in [6, 6.07) is 21.0. The topological polar surface area (TPSA) is 27.7 Å². The number of methoxy groups -OCH3 is 2. The zero-order chi connectivity index (χ0) is 19.2. The van der Waals surface area contributed by atoms with Crippen LogP contribution in [0.2, 0.25) is 0 Å². The van der Waals surface area contributed by atoms with Crippen LogP contribution in [0.15, 0.2) is 60.7 Å². The van der Waals surface area contributed by atoms with E-state index < -0.39 is 0 Å². The minimum atomic E-state index is 0.264. The SMILES string of the molecule is COC(CCCOCCCC(Cc1ccccc1)OC)Cc1ccccc1. The Hall–Kier alpha value is -1.68. The van der Waals surface area contributed by atoms with Crippen molar-refractivity contribution in [3.8, 4) is 0 Å². The summed E-state index contributed by atoms with van der Waals surface area (Å²) in [6.45, 7) is 1.59. The van der Waals surface area contributed by atoms with Crippen molar-refractivity contribution in [1.29, 1.82) is 0 Å². The van der Waals surface area contributed by atoms with Gasteiger partial charge in [0.1, 0.15) is 0 Å². The molecule has 2 atom stereocenters. The molecule has 2 aromatic rings. The van der Waals surface area contributed by atoms with Gasteiger partial charge in [-0.1, -0.05) is 60.7 Å². The van der Waals surface area contributed by atoms with Crippen LogP contribution >= 0.6 is 0 Å². The van der Waals surface area contributed by atoms with Crippen molar-refractivity contribution in [2.24, 2.45) is 0 Å². The molecule has 3 nitrogen and oxygen atoms in total. The number of rotatable bonds is 14. The lowest BCUT2D eigenvalue weighted by Crippen LogP contribution is -2.16. The van der Waals surface area contributed by atoms with Gasteiger partial charge in [0.2, 0.25) is 0 Å². The second-order valence-electron chi connectivity index (χ2n) is 6.99. The molecule has 0 saturated carbocycles. The van der Waals surface area contributed by atoms with Crippen LogP contribution in [0.4, 0.5) is 0 Å². The van der Waals surface area contributed by atoms with Crippen molar-refractivity contribution in [2.45, 2.75) is 50.7 Å². The summed E-state index contributed by atoms with van der Waals surface area (Å²) in [5, 5.41) is 0. The number of ether oxygens (including phenoxy) is 3. The van der Waals surface area contributed by atoms with E-state index >= 15 is 0 Å². The molecule has 0 amide bonds. The molecule has 0 aliphatic heterocycles. The normalized spacial score (nSPS) is 13.4. The van der Waals surface area contributed by atoms with E-state index in [9.17, 15) is 0 Å².